The molecule has 3 aromatic heterocycles. The number of hydrogen-bond acceptors (Lipinski definition) is 6. The zero-order valence-corrected chi connectivity index (χ0v) is 12.5. The molecule has 3 aromatic rings. The largest absolute Gasteiger partial charge is 0.231 e. The second-order valence-electron chi connectivity index (χ2n) is 4.17. The molecule has 0 atom stereocenters. The maximum atomic E-state index is 4.55. The van der Waals surface area contributed by atoms with Crippen molar-refractivity contribution < 1.29 is 0 Å². The number of aromatic nitrogens is 4. The van der Waals surface area contributed by atoms with E-state index in [-0.39, 0.29) is 0 Å². The molecule has 0 bridgehead atoms. The van der Waals surface area contributed by atoms with Gasteiger partial charge >= 0.3 is 0 Å². The minimum absolute atomic E-state index is 0.713. The topological polar surface area (TPSA) is 51.6 Å². The molecule has 3 rings (SSSR count). The predicted molar refractivity (Wildman–Crippen MR) is 77.8 cm³/mol. The first-order chi connectivity index (χ1) is 9.15. The van der Waals surface area contributed by atoms with Gasteiger partial charge in [-0.15, -0.1) is 11.3 Å². The number of nitrogens with zero attached hydrogens (tertiary/aromatic N) is 4. The van der Waals surface area contributed by atoms with Crippen LogP contribution in [0.5, 0.6) is 0 Å². The molecule has 0 radical (unpaired) electrons. The summed E-state index contributed by atoms with van der Waals surface area (Å²) < 4.78 is 0. The molecule has 3 heterocycles. The summed E-state index contributed by atoms with van der Waals surface area (Å²) in [6.45, 7) is 6.15. The smallest absolute Gasteiger partial charge is 0.193 e. The molecular weight excluding hydrogens is 276 g/mol. The minimum Gasteiger partial charge on any atom is -0.231 e. The molecule has 96 valence electrons. The second kappa shape index (κ2) is 4.86. The summed E-state index contributed by atoms with van der Waals surface area (Å²) in [6.07, 6.45) is 3.48. The molecule has 0 unspecified atom stereocenters. The van der Waals surface area contributed by atoms with E-state index in [1.165, 1.54) is 22.2 Å². The van der Waals surface area contributed by atoms with Crippen LogP contribution >= 0.6 is 23.1 Å². The van der Waals surface area contributed by atoms with Crippen LogP contribution in [-0.2, 0) is 0 Å². The van der Waals surface area contributed by atoms with Gasteiger partial charge in [-0.2, -0.15) is 0 Å². The number of hydrogen-bond donors (Lipinski definition) is 0. The van der Waals surface area contributed by atoms with E-state index < -0.39 is 0 Å². The highest BCUT2D eigenvalue weighted by Gasteiger charge is 2.15. The Hall–Kier alpha value is -1.53. The molecule has 0 fully saturated rings. The monoisotopic (exact) mass is 288 g/mol. The molecular formula is C13H12N4S2. The summed E-state index contributed by atoms with van der Waals surface area (Å²) in [7, 11) is 0. The Kier molecular flexibility index (Phi) is 3.20. The van der Waals surface area contributed by atoms with E-state index in [2.05, 4.69) is 33.8 Å². The van der Waals surface area contributed by atoms with Gasteiger partial charge < -0.3 is 0 Å². The fourth-order valence-corrected chi connectivity index (χ4v) is 3.88. The Morgan fingerprint density at radius 3 is 2.53 bits per heavy atom. The van der Waals surface area contributed by atoms with Crippen molar-refractivity contribution >= 4 is 33.3 Å². The fraction of sp³-hybridized carbons (Fsp3) is 0.231. The molecule has 0 N–H and O–H groups in total. The highest BCUT2D eigenvalue weighted by Crippen LogP contribution is 2.36. The fourth-order valence-electron chi connectivity index (χ4n) is 1.81. The Morgan fingerprint density at radius 2 is 1.79 bits per heavy atom. The van der Waals surface area contributed by atoms with Gasteiger partial charge in [-0.25, -0.2) is 19.9 Å². The predicted octanol–water partition coefficient (Wildman–Crippen LogP) is 3.56. The summed E-state index contributed by atoms with van der Waals surface area (Å²) >= 11 is 3.20. The Bertz CT molecular complexity index is 737. The zero-order valence-electron chi connectivity index (χ0n) is 10.8. The summed E-state index contributed by atoms with van der Waals surface area (Å²) in [5, 5.41) is 2.78. The molecule has 4 nitrogen and oxygen atoms in total. The third-order valence-electron chi connectivity index (χ3n) is 2.84. The van der Waals surface area contributed by atoms with Crippen LogP contribution < -0.4 is 0 Å². The minimum atomic E-state index is 0.713. The lowest BCUT2D eigenvalue weighted by atomic mass is 10.2. The van der Waals surface area contributed by atoms with E-state index >= 15 is 0 Å². The van der Waals surface area contributed by atoms with Crippen LogP contribution in [0, 0.1) is 20.8 Å². The summed E-state index contributed by atoms with van der Waals surface area (Å²) in [4.78, 5) is 19.9. The molecule has 0 aromatic carbocycles. The highest BCUT2D eigenvalue weighted by atomic mass is 32.2. The van der Waals surface area contributed by atoms with E-state index in [1.54, 1.807) is 23.7 Å². The van der Waals surface area contributed by atoms with Crippen molar-refractivity contribution in [1.82, 2.24) is 19.9 Å². The molecule has 0 amide bonds. The van der Waals surface area contributed by atoms with Crippen molar-refractivity contribution in [3.05, 3.63) is 34.7 Å². The van der Waals surface area contributed by atoms with Crippen molar-refractivity contribution in [1.29, 1.82) is 0 Å². The lowest BCUT2D eigenvalue weighted by molar-refractivity contribution is 0.953. The van der Waals surface area contributed by atoms with Gasteiger partial charge in [-0.1, -0.05) is 0 Å². The number of fused-ring (bicyclic) bond motifs is 1. The number of aryl methyl sites for hydroxylation is 3. The van der Waals surface area contributed by atoms with Crippen molar-refractivity contribution in [2.45, 2.75) is 31.0 Å². The second-order valence-corrected chi connectivity index (χ2v) is 6.33. The lowest BCUT2D eigenvalue weighted by Gasteiger charge is -2.03. The SMILES string of the molecule is Cc1nc(Sc2ncccn2)c2c(C)c(C)sc2n1. The van der Waals surface area contributed by atoms with Gasteiger partial charge in [0, 0.05) is 22.7 Å². The quantitative estimate of drug-likeness (QED) is 0.533. The van der Waals surface area contributed by atoms with Crippen LogP contribution in [0.3, 0.4) is 0 Å². The van der Waals surface area contributed by atoms with Crippen molar-refractivity contribution in [3.8, 4) is 0 Å². The van der Waals surface area contributed by atoms with Crippen LogP contribution in [0.2, 0.25) is 0 Å². The van der Waals surface area contributed by atoms with Gasteiger partial charge in [0.05, 0.1) is 0 Å². The van der Waals surface area contributed by atoms with Crippen LogP contribution in [0.15, 0.2) is 28.6 Å². The van der Waals surface area contributed by atoms with Crippen LogP contribution in [0.25, 0.3) is 10.2 Å². The maximum Gasteiger partial charge on any atom is 0.193 e. The van der Waals surface area contributed by atoms with E-state index in [1.807, 2.05) is 13.0 Å². The lowest BCUT2D eigenvalue weighted by Crippen LogP contribution is -1.92. The van der Waals surface area contributed by atoms with Crippen molar-refractivity contribution in [3.63, 3.8) is 0 Å². The summed E-state index contributed by atoms with van der Waals surface area (Å²) in [5.74, 6) is 0.784. The third-order valence-corrected chi connectivity index (χ3v) is 4.82. The average Bonchev–Trinajstić information content (AvgIpc) is 2.66. The highest BCUT2D eigenvalue weighted by molar-refractivity contribution is 7.99. The maximum absolute atomic E-state index is 4.55. The molecule has 0 spiro atoms. The Labute approximate surface area is 119 Å². The first kappa shape index (κ1) is 12.5. The van der Waals surface area contributed by atoms with Crippen LogP contribution in [-0.4, -0.2) is 19.9 Å². The van der Waals surface area contributed by atoms with Crippen LogP contribution in [0.4, 0.5) is 0 Å². The van der Waals surface area contributed by atoms with E-state index in [9.17, 15) is 0 Å². The Morgan fingerprint density at radius 1 is 1.05 bits per heavy atom. The third kappa shape index (κ3) is 2.33. The average molecular weight is 288 g/mol. The van der Waals surface area contributed by atoms with E-state index in [0.717, 1.165) is 21.1 Å². The van der Waals surface area contributed by atoms with Crippen molar-refractivity contribution in [2.24, 2.45) is 0 Å². The molecule has 0 aliphatic carbocycles. The number of rotatable bonds is 2. The molecule has 19 heavy (non-hydrogen) atoms. The molecule has 0 saturated carbocycles. The summed E-state index contributed by atoms with van der Waals surface area (Å²) in [5.41, 5.74) is 1.25. The Balaban J connectivity index is 2.17. The number of thiophene rings is 1. The van der Waals surface area contributed by atoms with E-state index in [0.29, 0.717) is 5.16 Å². The zero-order chi connectivity index (χ0) is 13.4. The van der Waals surface area contributed by atoms with Crippen molar-refractivity contribution in [2.75, 3.05) is 0 Å². The molecule has 0 aliphatic rings. The van der Waals surface area contributed by atoms with Gasteiger partial charge in [0.2, 0.25) is 0 Å². The van der Waals surface area contributed by atoms with Gasteiger partial charge in [0.25, 0.3) is 0 Å². The van der Waals surface area contributed by atoms with Gasteiger partial charge in [0.1, 0.15) is 15.7 Å². The first-order valence-electron chi connectivity index (χ1n) is 5.84. The van der Waals surface area contributed by atoms with Crippen LogP contribution in [0.1, 0.15) is 16.3 Å². The normalized spacial score (nSPS) is 11.1. The van der Waals surface area contributed by atoms with E-state index in [4.69, 9.17) is 0 Å². The van der Waals surface area contributed by atoms with Gasteiger partial charge in [-0.05, 0) is 44.2 Å². The van der Waals surface area contributed by atoms with Gasteiger partial charge in [-0.3, -0.25) is 0 Å². The molecule has 6 heteroatoms. The molecule has 0 aliphatic heterocycles. The first-order valence-corrected chi connectivity index (χ1v) is 7.47. The molecule has 0 saturated heterocycles. The van der Waals surface area contributed by atoms with Gasteiger partial charge in [0.15, 0.2) is 5.16 Å². The standard InChI is InChI=1S/C13H12N4S2/c1-7-8(2)18-11-10(7)12(17-9(3)16-11)19-13-14-5-4-6-15-13/h4-6H,1-3H3. The summed E-state index contributed by atoms with van der Waals surface area (Å²) in [6, 6.07) is 1.81.